The zero-order valence-corrected chi connectivity index (χ0v) is 15.8. The van der Waals surface area contributed by atoms with Crippen molar-refractivity contribution in [1.82, 2.24) is 19.5 Å². The first-order valence-electron chi connectivity index (χ1n) is 8.35. The number of likely N-dealkylation sites (tertiary alicyclic amines) is 1. The Morgan fingerprint density at radius 3 is 2.67 bits per heavy atom. The summed E-state index contributed by atoms with van der Waals surface area (Å²) in [5.41, 5.74) is 0. The van der Waals surface area contributed by atoms with E-state index in [1.807, 2.05) is 6.92 Å². The second kappa shape index (κ2) is 6.13. The largest absolute Gasteiger partial charge is 0.492 e. The Bertz CT molecular complexity index is 828. The van der Waals surface area contributed by atoms with Crippen LogP contribution in [0.5, 0.6) is 5.88 Å². The summed E-state index contributed by atoms with van der Waals surface area (Å²) in [6, 6.07) is 4.34. The highest BCUT2D eigenvalue weighted by Gasteiger charge is 2.34. The first kappa shape index (κ1) is 16.1. The van der Waals surface area contributed by atoms with Crippen molar-refractivity contribution in [3.8, 4) is 5.88 Å². The van der Waals surface area contributed by atoms with Gasteiger partial charge in [-0.05, 0) is 36.6 Å². The van der Waals surface area contributed by atoms with Gasteiger partial charge in [-0.3, -0.25) is 4.90 Å². The van der Waals surface area contributed by atoms with E-state index in [-0.39, 0.29) is 11.9 Å². The molecule has 1 aliphatic heterocycles. The number of rotatable bonds is 3. The third kappa shape index (κ3) is 2.74. The van der Waals surface area contributed by atoms with Gasteiger partial charge >= 0.3 is 0 Å². The number of hydrogen-bond acceptors (Lipinski definition) is 6. The fourth-order valence-electron chi connectivity index (χ4n) is 3.87. The van der Waals surface area contributed by atoms with Crippen LogP contribution >= 0.6 is 22.7 Å². The molecule has 24 heavy (non-hydrogen) atoms. The summed E-state index contributed by atoms with van der Waals surface area (Å²) in [5, 5.41) is 17.2. The van der Waals surface area contributed by atoms with Crippen LogP contribution in [0.15, 0.2) is 17.5 Å². The van der Waals surface area contributed by atoms with Gasteiger partial charge in [0, 0.05) is 18.0 Å². The molecule has 1 saturated heterocycles. The Kier molecular flexibility index (Phi) is 4.10. The Labute approximate surface area is 149 Å². The zero-order valence-electron chi connectivity index (χ0n) is 14.1. The molecule has 0 radical (unpaired) electrons. The van der Waals surface area contributed by atoms with Gasteiger partial charge < -0.3 is 5.11 Å². The van der Waals surface area contributed by atoms with Gasteiger partial charge in [0.1, 0.15) is 5.82 Å². The molecule has 5 nitrogen and oxygen atoms in total. The predicted octanol–water partition coefficient (Wildman–Crippen LogP) is 3.93. The average molecular weight is 363 g/mol. The molecule has 1 aliphatic rings. The van der Waals surface area contributed by atoms with Crippen molar-refractivity contribution in [3.63, 3.8) is 0 Å². The van der Waals surface area contributed by atoms with Crippen molar-refractivity contribution in [3.05, 3.63) is 33.1 Å². The topological polar surface area (TPSA) is 53.7 Å². The van der Waals surface area contributed by atoms with Crippen LogP contribution in [-0.4, -0.2) is 37.7 Å². The molecule has 1 fully saturated rings. The van der Waals surface area contributed by atoms with Crippen LogP contribution in [0.4, 0.5) is 0 Å². The van der Waals surface area contributed by atoms with E-state index < -0.39 is 0 Å². The number of thiazole rings is 1. The van der Waals surface area contributed by atoms with Gasteiger partial charge in [0.25, 0.3) is 0 Å². The molecule has 3 aromatic heterocycles. The summed E-state index contributed by atoms with van der Waals surface area (Å²) < 4.78 is 1.58. The normalized spacial score (nSPS) is 23.8. The van der Waals surface area contributed by atoms with Gasteiger partial charge in [0.15, 0.2) is 0 Å². The second-order valence-corrected chi connectivity index (χ2v) is 8.95. The van der Waals surface area contributed by atoms with Gasteiger partial charge in [-0.1, -0.05) is 31.3 Å². The van der Waals surface area contributed by atoms with Crippen molar-refractivity contribution in [1.29, 1.82) is 0 Å². The van der Waals surface area contributed by atoms with Crippen LogP contribution in [0.2, 0.25) is 0 Å². The lowest BCUT2D eigenvalue weighted by molar-refractivity contribution is 0.113. The molecule has 3 atom stereocenters. The summed E-state index contributed by atoms with van der Waals surface area (Å²) >= 11 is 3.30. The first-order chi connectivity index (χ1) is 11.5. The fraction of sp³-hybridized carbons (Fsp3) is 0.529. The van der Waals surface area contributed by atoms with E-state index in [0.29, 0.717) is 17.7 Å². The van der Waals surface area contributed by atoms with Crippen molar-refractivity contribution < 1.29 is 5.11 Å². The Balaban J connectivity index is 1.80. The zero-order chi connectivity index (χ0) is 16.8. The summed E-state index contributed by atoms with van der Waals surface area (Å²) in [7, 11) is 0. The molecule has 128 valence electrons. The number of fused-ring (bicyclic) bond motifs is 1. The van der Waals surface area contributed by atoms with E-state index in [4.69, 9.17) is 0 Å². The molecule has 0 aromatic carbocycles. The first-order valence-corrected chi connectivity index (χ1v) is 10.0. The highest BCUT2D eigenvalue weighted by molar-refractivity contribution is 7.17. The number of piperidine rings is 1. The van der Waals surface area contributed by atoms with Crippen LogP contribution in [-0.2, 0) is 0 Å². The molecule has 4 rings (SSSR count). The molecule has 0 unspecified atom stereocenters. The highest BCUT2D eigenvalue weighted by atomic mass is 32.1. The highest BCUT2D eigenvalue weighted by Crippen LogP contribution is 2.43. The van der Waals surface area contributed by atoms with Crippen molar-refractivity contribution >= 4 is 27.6 Å². The number of thiophene rings is 1. The smallest absolute Gasteiger partial charge is 0.230 e. The molecular weight excluding hydrogens is 340 g/mol. The molecule has 4 heterocycles. The van der Waals surface area contributed by atoms with Crippen LogP contribution in [0.25, 0.3) is 4.96 Å². The monoisotopic (exact) mass is 362 g/mol. The van der Waals surface area contributed by atoms with E-state index in [1.165, 1.54) is 11.3 Å². The van der Waals surface area contributed by atoms with Gasteiger partial charge in [-0.2, -0.15) is 4.52 Å². The summed E-state index contributed by atoms with van der Waals surface area (Å²) in [6.07, 6.45) is 1.27. The van der Waals surface area contributed by atoms with E-state index in [9.17, 15) is 5.11 Å². The summed E-state index contributed by atoms with van der Waals surface area (Å²) in [5.74, 6) is 2.27. The van der Waals surface area contributed by atoms with Crippen LogP contribution < -0.4 is 0 Å². The van der Waals surface area contributed by atoms with E-state index in [1.54, 1.807) is 27.2 Å². The third-order valence-corrected chi connectivity index (χ3v) is 6.63. The number of hydrogen-bond donors (Lipinski definition) is 1. The number of aromatic nitrogens is 3. The van der Waals surface area contributed by atoms with E-state index in [2.05, 4.69) is 46.3 Å². The molecule has 0 amide bonds. The van der Waals surface area contributed by atoms with E-state index >= 15 is 0 Å². The number of aryl methyl sites for hydroxylation is 1. The lowest BCUT2D eigenvalue weighted by atomic mass is 9.90. The third-order valence-electron chi connectivity index (χ3n) is 4.63. The van der Waals surface area contributed by atoms with Crippen molar-refractivity contribution in [2.24, 2.45) is 11.8 Å². The molecule has 7 heteroatoms. The predicted molar refractivity (Wildman–Crippen MR) is 97.9 cm³/mol. The standard InChI is InChI=1S/C17H22N4OS2/c1-10-7-11(2)9-20(8-10)14(13-5-4-6-23-13)15-16(22)21-17(24-15)18-12(3)19-21/h4-6,10-11,14,22H,7-9H2,1-3H3/t10-,11-,14+/m0/s1. The molecule has 0 aliphatic carbocycles. The maximum Gasteiger partial charge on any atom is 0.230 e. The molecule has 0 spiro atoms. The fourth-order valence-corrected chi connectivity index (χ4v) is 5.97. The number of aromatic hydroxyl groups is 1. The molecular formula is C17H22N4OS2. The van der Waals surface area contributed by atoms with Crippen molar-refractivity contribution in [2.75, 3.05) is 13.1 Å². The molecule has 1 N–H and O–H groups in total. The average Bonchev–Trinajstić information content (AvgIpc) is 3.20. The Morgan fingerprint density at radius 2 is 2.04 bits per heavy atom. The second-order valence-electron chi connectivity index (χ2n) is 6.96. The maximum absolute atomic E-state index is 10.8. The minimum atomic E-state index is 0.0870. The Morgan fingerprint density at radius 1 is 1.29 bits per heavy atom. The minimum absolute atomic E-state index is 0.0870. The minimum Gasteiger partial charge on any atom is -0.492 e. The van der Waals surface area contributed by atoms with Crippen LogP contribution in [0.3, 0.4) is 0 Å². The van der Waals surface area contributed by atoms with Crippen LogP contribution in [0, 0.1) is 18.8 Å². The lowest BCUT2D eigenvalue weighted by Gasteiger charge is -2.39. The lowest BCUT2D eigenvalue weighted by Crippen LogP contribution is -2.41. The summed E-state index contributed by atoms with van der Waals surface area (Å²) in [6.45, 7) is 8.60. The van der Waals surface area contributed by atoms with Gasteiger partial charge in [0.05, 0.1) is 10.9 Å². The van der Waals surface area contributed by atoms with Gasteiger partial charge in [-0.15, -0.1) is 16.4 Å². The quantitative estimate of drug-likeness (QED) is 0.767. The van der Waals surface area contributed by atoms with E-state index in [0.717, 1.165) is 22.9 Å². The molecule has 3 aromatic rings. The van der Waals surface area contributed by atoms with Gasteiger partial charge in [0.2, 0.25) is 10.8 Å². The van der Waals surface area contributed by atoms with Crippen molar-refractivity contribution in [2.45, 2.75) is 33.2 Å². The number of nitrogens with zero attached hydrogens (tertiary/aromatic N) is 4. The summed E-state index contributed by atoms with van der Waals surface area (Å²) in [4.78, 5) is 9.93. The molecule has 0 bridgehead atoms. The molecule has 0 saturated carbocycles. The Hall–Kier alpha value is -1.44. The van der Waals surface area contributed by atoms with Crippen LogP contribution in [0.1, 0.15) is 41.9 Å². The van der Waals surface area contributed by atoms with Gasteiger partial charge in [-0.25, -0.2) is 4.98 Å². The SMILES string of the molecule is Cc1nc2sc([C@@H](c3cccs3)N3C[C@@H](C)C[C@H](C)C3)c(O)n2n1. The maximum atomic E-state index is 10.8.